The highest BCUT2D eigenvalue weighted by Gasteiger charge is 2.60. The molecule has 214 valence electrons. The van der Waals surface area contributed by atoms with Crippen LogP contribution in [0.15, 0.2) is 91.0 Å². The highest BCUT2D eigenvalue weighted by molar-refractivity contribution is 5.86. The lowest BCUT2D eigenvalue weighted by Gasteiger charge is -2.49. The van der Waals surface area contributed by atoms with Crippen molar-refractivity contribution >= 4 is 11.9 Å². The van der Waals surface area contributed by atoms with Gasteiger partial charge in [-0.2, -0.15) is 0 Å². The third-order valence-electron chi connectivity index (χ3n) is 8.03. The molecule has 0 aromatic heterocycles. The molecule has 8 nitrogen and oxygen atoms in total. The summed E-state index contributed by atoms with van der Waals surface area (Å²) in [5, 5.41) is 10.4. The third-order valence-corrected chi connectivity index (χ3v) is 8.03. The van der Waals surface area contributed by atoms with E-state index in [9.17, 15) is 14.7 Å². The van der Waals surface area contributed by atoms with Gasteiger partial charge in [0.15, 0.2) is 11.5 Å². The normalized spacial score (nSPS) is 20.6. The van der Waals surface area contributed by atoms with Gasteiger partial charge in [0.25, 0.3) is 0 Å². The number of rotatable bonds is 8. The highest BCUT2D eigenvalue weighted by atomic mass is 16.6. The predicted octanol–water partition coefficient (Wildman–Crippen LogP) is 5.95. The number of ether oxygens (including phenoxy) is 5. The standard InChI is InChI=1S/C34H30O8/c1-38-25-14-5-3-11-23(25)28-30(33(35)36)29(24-12-4-6-15-26(24)39-2)31(28)34(37)42-21-10-7-9-20(19-21)22-13-8-16-27-32(22)41-18-17-40-27/h3-16,19,28-31H,17-18H2,1-2H3,(H,35,36)/t28-,29-,30?,31?/m1/s1. The van der Waals surface area contributed by atoms with E-state index in [1.807, 2.05) is 48.5 Å². The molecule has 0 spiro atoms. The predicted molar refractivity (Wildman–Crippen MR) is 155 cm³/mol. The molecule has 42 heavy (non-hydrogen) atoms. The van der Waals surface area contributed by atoms with Crippen molar-refractivity contribution in [3.63, 3.8) is 0 Å². The van der Waals surface area contributed by atoms with Crippen LogP contribution >= 0.6 is 0 Å². The second-order valence-corrected chi connectivity index (χ2v) is 10.2. The lowest BCUT2D eigenvalue weighted by molar-refractivity contribution is -0.158. The molecule has 2 atom stereocenters. The van der Waals surface area contributed by atoms with E-state index in [1.165, 1.54) is 14.2 Å². The zero-order valence-corrected chi connectivity index (χ0v) is 23.2. The molecule has 1 aliphatic heterocycles. The molecular weight excluding hydrogens is 536 g/mol. The molecule has 1 aliphatic carbocycles. The molecule has 1 fully saturated rings. The van der Waals surface area contributed by atoms with Crippen molar-refractivity contribution in [3.05, 3.63) is 102 Å². The summed E-state index contributed by atoms with van der Waals surface area (Å²) in [6, 6.07) is 27.2. The molecule has 0 amide bonds. The number of carboxylic acids is 1. The molecule has 1 saturated carbocycles. The largest absolute Gasteiger partial charge is 0.496 e. The van der Waals surface area contributed by atoms with E-state index in [1.54, 1.807) is 42.5 Å². The van der Waals surface area contributed by atoms with Gasteiger partial charge in [0, 0.05) is 17.4 Å². The number of methoxy groups -OCH3 is 2. The van der Waals surface area contributed by atoms with Crippen LogP contribution in [-0.4, -0.2) is 44.5 Å². The number of aliphatic carboxylic acids is 1. The Labute approximate surface area is 243 Å². The molecule has 1 N–H and O–H groups in total. The summed E-state index contributed by atoms with van der Waals surface area (Å²) in [5.41, 5.74) is 2.89. The molecular formula is C34H30O8. The smallest absolute Gasteiger partial charge is 0.315 e. The van der Waals surface area contributed by atoms with Gasteiger partial charge in [0.1, 0.15) is 30.5 Å². The van der Waals surface area contributed by atoms with Crippen LogP contribution in [0.5, 0.6) is 28.7 Å². The van der Waals surface area contributed by atoms with Gasteiger partial charge in [-0.25, -0.2) is 0 Å². The maximum absolute atomic E-state index is 14.1. The summed E-state index contributed by atoms with van der Waals surface area (Å²) in [6.45, 7) is 0.924. The van der Waals surface area contributed by atoms with E-state index in [2.05, 4.69) is 0 Å². The van der Waals surface area contributed by atoms with Gasteiger partial charge in [-0.1, -0.05) is 60.7 Å². The van der Waals surface area contributed by atoms with E-state index in [4.69, 9.17) is 23.7 Å². The number of hydrogen-bond acceptors (Lipinski definition) is 7. The topological polar surface area (TPSA) is 101 Å². The average Bonchev–Trinajstić information content (AvgIpc) is 3.00. The number of carbonyl (C=O) groups excluding carboxylic acids is 1. The van der Waals surface area contributed by atoms with Crippen molar-refractivity contribution in [3.8, 4) is 39.9 Å². The minimum absolute atomic E-state index is 0.336. The summed E-state index contributed by atoms with van der Waals surface area (Å²) >= 11 is 0. The molecule has 2 aliphatic rings. The van der Waals surface area contributed by atoms with Crippen molar-refractivity contribution in [2.24, 2.45) is 11.8 Å². The van der Waals surface area contributed by atoms with Crippen LogP contribution in [0.4, 0.5) is 0 Å². The lowest BCUT2D eigenvalue weighted by atomic mass is 9.52. The number of para-hydroxylation sites is 3. The van der Waals surface area contributed by atoms with Gasteiger partial charge in [-0.05, 0) is 47.0 Å². The van der Waals surface area contributed by atoms with Crippen LogP contribution in [-0.2, 0) is 9.59 Å². The van der Waals surface area contributed by atoms with E-state index in [0.29, 0.717) is 53.1 Å². The number of esters is 1. The van der Waals surface area contributed by atoms with Crippen LogP contribution < -0.4 is 23.7 Å². The number of hydrogen-bond donors (Lipinski definition) is 1. The van der Waals surface area contributed by atoms with Gasteiger partial charge in [-0.15, -0.1) is 0 Å². The quantitative estimate of drug-likeness (QED) is 0.206. The fourth-order valence-electron chi connectivity index (χ4n) is 6.22. The third kappa shape index (κ3) is 4.79. The Morgan fingerprint density at radius 1 is 0.738 bits per heavy atom. The summed E-state index contributed by atoms with van der Waals surface area (Å²) < 4.78 is 28.8. The van der Waals surface area contributed by atoms with Crippen molar-refractivity contribution < 1.29 is 38.4 Å². The van der Waals surface area contributed by atoms with Crippen LogP contribution in [0.2, 0.25) is 0 Å². The monoisotopic (exact) mass is 566 g/mol. The molecule has 8 heteroatoms. The van der Waals surface area contributed by atoms with Crippen LogP contribution in [0.25, 0.3) is 11.1 Å². The molecule has 0 saturated heterocycles. The second kappa shape index (κ2) is 11.5. The van der Waals surface area contributed by atoms with Gasteiger partial charge < -0.3 is 28.8 Å². The molecule has 4 aromatic carbocycles. The minimum Gasteiger partial charge on any atom is -0.496 e. The summed E-state index contributed by atoms with van der Waals surface area (Å²) in [6.07, 6.45) is 0. The minimum atomic E-state index is -1.01. The zero-order valence-electron chi connectivity index (χ0n) is 23.2. The maximum Gasteiger partial charge on any atom is 0.315 e. The lowest BCUT2D eigenvalue weighted by Crippen LogP contribution is -2.52. The fraction of sp³-hybridized carbons (Fsp3) is 0.235. The first-order valence-electron chi connectivity index (χ1n) is 13.7. The molecule has 0 bridgehead atoms. The SMILES string of the molecule is COc1ccccc1[C@@H]1C(C(=O)O)[C@@H](c2ccccc2OC)C1C(=O)Oc1cccc(-c2cccc3c2OCCO3)c1. The summed E-state index contributed by atoms with van der Waals surface area (Å²) in [4.78, 5) is 26.8. The summed E-state index contributed by atoms with van der Waals surface area (Å²) in [5.74, 6) is -1.97. The molecule has 6 rings (SSSR count). The molecule has 4 aromatic rings. The average molecular weight is 567 g/mol. The van der Waals surface area contributed by atoms with Gasteiger partial charge in [0.2, 0.25) is 0 Å². The van der Waals surface area contributed by atoms with Crippen LogP contribution in [0.3, 0.4) is 0 Å². The molecule has 1 heterocycles. The van der Waals surface area contributed by atoms with Crippen LogP contribution in [0, 0.1) is 11.8 Å². The first-order valence-corrected chi connectivity index (χ1v) is 13.7. The Balaban J connectivity index is 1.38. The van der Waals surface area contributed by atoms with Crippen molar-refractivity contribution in [2.75, 3.05) is 27.4 Å². The van der Waals surface area contributed by atoms with Crippen molar-refractivity contribution in [1.29, 1.82) is 0 Å². The van der Waals surface area contributed by atoms with Crippen molar-refractivity contribution in [1.82, 2.24) is 0 Å². The first kappa shape index (κ1) is 27.2. The number of benzene rings is 4. The van der Waals surface area contributed by atoms with E-state index >= 15 is 0 Å². The fourth-order valence-corrected chi connectivity index (χ4v) is 6.22. The Bertz CT molecular complexity index is 1570. The van der Waals surface area contributed by atoms with E-state index < -0.39 is 35.6 Å². The Kier molecular flexibility index (Phi) is 7.44. The molecule has 0 radical (unpaired) electrons. The van der Waals surface area contributed by atoms with E-state index in [-0.39, 0.29) is 0 Å². The highest BCUT2D eigenvalue weighted by Crippen LogP contribution is 2.60. The van der Waals surface area contributed by atoms with Crippen LogP contribution in [0.1, 0.15) is 23.0 Å². The van der Waals surface area contributed by atoms with Gasteiger partial charge in [0.05, 0.1) is 26.1 Å². The summed E-state index contributed by atoms with van der Waals surface area (Å²) in [7, 11) is 3.06. The Morgan fingerprint density at radius 3 is 2.00 bits per heavy atom. The number of carboxylic acid groups (broad SMARTS) is 1. The number of carbonyl (C=O) groups is 2. The van der Waals surface area contributed by atoms with Crippen molar-refractivity contribution in [2.45, 2.75) is 11.8 Å². The van der Waals surface area contributed by atoms with Gasteiger partial charge >= 0.3 is 11.9 Å². The van der Waals surface area contributed by atoms with Gasteiger partial charge in [-0.3, -0.25) is 9.59 Å². The Morgan fingerprint density at radius 2 is 1.36 bits per heavy atom. The number of fused-ring (bicyclic) bond motifs is 1. The van der Waals surface area contributed by atoms with E-state index in [0.717, 1.165) is 11.1 Å². The molecule has 0 unspecified atom stereocenters. The first-order chi connectivity index (χ1) is 20.5. The second-order valence-electron chi connectivity index (χ2n) is 10.2. The Hall–Kier alpha value is -4.98. The maximum atomic E-state index is 14.1. The zero-order chi connectivity index (χ0) is 29.2.